The highest BCUT2D eigenvalue weighted by Gasteiger charge is 2.20. The van der Waals surface area contributed by atoms with E-state index in [0.717, 1.165) is 60.9 Å². The number of allylic oxidation sites excluding steroid dienone is 1. The number of fused-ring (bicyclic) bond motifs is 2. The van der Waals surface area contributed by atoms with E-state index in [9.17, 15) is 0 Å². The fourth-order valence-corrected chi connectivity index (χ4v) is 3.80. The van der Waals surface area contributed by atoms with Crippen LogP contribution in [0.3, 0.4) is 0 Å². The van der Waals surface area contributed by atoms with Crippen LogP contribution in [0.1, 0.15) is 17.9 Å². The minimum atomic E-state index is 0.689. The van der Waals surface area contributed by atoms with Gasteiger partial charge in [-0.05, 0) is 43.3 Å². The number of nitrogens with one attached hydrogen (secondary N) is 1. The van der Waals surface area contributed by atoms with Crippen molar-refractivity contribution in [1.82, 2.24) is 20.1 Å². The second-order valence-corrected chi connectivity index (χ2v) is 7.11. The van der Waals surface area contributed by atoms with E-state index in [1.54, 1.807) is 0 Å². The van der Waals surface area contributed by atoms with Crippen molar-refractivity contribution in [3.63, 3.8) is 0 Å². The third kappa shape index (κ3) is 3.17. The quantitative estimate of drug-likeness (QED) is 0.891. The average Bonchev–Trinajstić information content (AvgIpc) is 2.89. The van der Waals surface area contributed by atoms with Crippen molar-refractivity contribution in [2.24, 2.45) is 4.99 Å². The Labute approximate surface area is 158 Å². The molecule has 0 saturated carbocycles. The van der Waals surface area contributed by atoms with Crippen molar-refractivity contribution in [2.75, 3.05) is 32.7 Å². The fraction of sp³-hybridized carbons (Fsp3) is 0.333. The first kappa shape index (κ1) is 16.3. The predicted octanol–water partition coefficient (Wildman–Crippen LogP) is 2.90. The van der Waals surface area contributed by atoms with Gasteiger partial charge < -0.3 is 19.5 Å². The van der Waals surface area contributed by atoms with Crippen LogP contribution in [0.2, 0.25) is 0 Å². The standard InChI is InChI=1S/C21H23N5O/c1-15-23-19-5-3-16(13-20(19)27-15)18-7-11-26-14-17(4-6-21(26)24-18)25-10-2-8-22-9-12-25/h3-7,13-14,22H,2,8-12H2,1H3. The Balaban J connectivity index is 1.38. The first-order valence-corrected chi connectivity index (χ1v) is 9.55. The first-order chi connectivity index (χ1) is 13.3. The summed E-state index contributed by atoms with van der Waals surface area (Å²) in [5.74, 6) is 1.67. The third-order valence-corrected chi connectivity index (χ3v) is 5.20. The zero-order valence-electron chi connectivity index (χ0n) is 15.5. The van der Waals surface area contributed by atoms with Crippen LogP contribution in [0.25, 0.3) is 16.8 Å². The lowest BCUT2D eigenvalue weighted by Gasteiger charge is -2.31. The molecule has 6 heteroatoms. The Bertz CT molecular complexity index is 989. The molecule has 1 saturated heterocycles. The average molecular weight is 361 g/mol. The number of hydrogen-bond donors (Lipinski definition) is 1. The molecule has 1 aromatic carbocycles. The van der Waals surface area contributed by atoms with Gasteiger partial charge in [0.2, 0.25) is 0 Å². The summed E-state index contributed by atoms with van der Waals surface area (Å²) in [6, 6.07) is 6.09. The maximum Gasteiger partial charge on any atom is 0.192 e. The van der Waals surface area contributed by atoms with Gasteiger partial charge in [0.1, 0.15) is 11.4 Å². The van der Waals surface area contributed by atoms with E-state index in [-0.39, 0.29) is 0 Å². The van der Waals surface area contributed by atoms with Crippen LogP contribution in [-0.4, -0.2) is 53.3 Å². The normalized spacial score (nSPS) is 20.1. The molecule has 3 aliphatic rings. The molecule has 1 aromatic heterocycles. The Hall–Kier alpha value is -2.86. The van der Waals surface area contributed by atoms with Gasteiger partial charge in [0.05, 0.1) is 11.4 Å². The number of aromatic nitrogens is 1. The third-order valence-electron chi connectivity index (χ3n) is 5.20. The molecular formula is C21H23N5O. The molecule has 0 amide bonds. The van der Waals surface area contributed by atoms with Gasteiger partial charge in [-0.15, -0.1) is 0 Å². The molecule has 27 heavy (non-hydrogen) atoms. The molecule has 0 unspecified atom stereocenters. The molecule has 5 rings (SSSR count). The van der Waals surface area contributed by atoms with E-state index in [0.29, 0.717) is 5.89 Å². The van der Waals surface area contributed by atoms with E-state index >= 15 is 0 Å². The Kier molecular flexibility index (Phi) is 4.05. The molecule has 6 nitrogen and oxygen atoms in total. The number of amidine groups is 1. The van der Waals surface area contributed by atoms with Crippen LogP contribution >= 0.6 is 0 Å². The van der Waals surface area contributed by atoms with Crippen LogP contribution in [0.5, 0.6) is 0 Å². The van der Waals surface area contributed by atoms with Crippen molar-refractivity contribution in [3.05, 3.63) is 59.8 Å². The van der Waals surface area contributed by atoms with Crippen LogP contribution < -0.4 is 5.32 Å². The number of benzene rings is 1. The molecule has 0 bridgehead atoms. The topological polar surface area (TPSA) is 56.9 Å². The van der Waals surface area contributed by atoms with Gasteiger partial charge in [0, 0.05) is 44.9 Å². The second kappa shape index (κ2) is 6.70. The summed E-state index contributed by atoms with van der Waals surface area (Å²) in [5, 5.41) is 3.46. The molecule has 138 valence electrons. The summed E-state index contributed by atoms with van der Waals surface area (Å²) in [6.07, 6.45) is 9.88. The lowest BCUT2D eigenvalue weighted by Crippen LogP contribution is -2.34. The van der Waals surface area contributed by atoms with Gasteiger partial charge in [0.15, 0.2) is 11.5 Å². The van der Waals surface area contributed by atoms with Crippen molar-refractivity contribution in [3.8, 4) is 0 Å². The summed E-state index contributed by atoms with van der Waals surface area (Å²) in [5.41, 5.74) is 5.02. The lowest BCUT2D eigenvalue weighted by atomic mass is 10.1. The van der Waals surface area contributed by atoms with E-state index in [4.69, 9.17) is 9.41 Å². The van der Waals surface area contributed by atoms with Gasteiger partial charge in [-0.1, -0.05) is 6.07 Å². The number of nitrogens with zero attached hydrogens (tertiary/aromatic N) is 4. The largest absolute Gasteiger partial charge is 0.441 e. The highest BCUT2D eigenvalue weighted by atomic mass is 16.3. The number of rotatable bonds is 2. The van der Waals surface area contributed by atoms with Gasteiger partial charge in [-0.3, -0.25) is 0 Å². The number of hydrogen-bond acceptors (Lipinski definition) is 6. The Morgan fingerprint density at radius 3 is 3.07 bits per heavy atom. The SMILES string of the molecule is Cc1nc2ccc(C3=CCN4C=C(N5CCCNCC5)C=CC4=N3)cc2o1. The van der Waals surface area contributed by atoms with Gasteiger partial charge in [0.25, 0.3) is 0 Å². The zero-order chi connectivity index (χ0) is 18.2. The van der Waals surface area contributed by atoms with Crippen molar-refractivity contribution >= 4 is 22.6 Å². The highest BCUT2D eigenvalue weighted by Crippen LogP contribution is 2.27. The molecule has 0 radical (unpaired) electrons. The van der Waals surface area contributed by atoms with Gasteiger partial charge in [-0.2, -0.15) is 0 Å². The number of oxazole rings is 1. The number of aryl methyl sites for hydroxylation is 1. The molecule has 0 atom stereocenters. The Morgan fingerprint density at radius 2 is 2.11 bits per heavy atom. The van der Waals surface area contributed by atoms with Crippen molar-refractivity contribution in [2.45, 2.75) is 13.3 Å². The molecular weight excluding hydrogens is 338 g/mol. The van der Waals surface area contributed by atoms with E-state index in [2.05, 4.69) is 50.6 Å². The highest BCUT2D eigenvalue weighted by molar-refractivity contribution is 6.00. The van der Waals surface area contributed by atoms with Gasteiger partial charge >= 0.3 is 0 Å². The van der Waals surface area contributed by atoms with E-state index in [1.807, 2.05) is 19.1 Å². The number of aliphatic imine (C=N–C) groups is 1. The zero-order valence-corrected chi connectivity index (χ0v) is 15.5. The van der Waals surface area contributed by atoms with Crippen LogP contribution in [0, 0.1) is 6.92 Å². The van der Waals surface area contributed by atoms with Gasteiger partial charge in [-0.25, -0.2) is 9.98 Å². The molecule has 1 N–H and O–H groups in total. The van der Waals surface area contributed by atoms with Crippen LogP contribution in [0.4, 0.5) is 0 Å². The molecule has 3 aliphatic heterocycles. The smallest absolute Gasteiger partial charge is 0.192 e. The minimum Gasteiger partial charge on any atom is -0.441 e. The predicted molar refractivity (Wildman–Crippen MR) is 107 cm³/mol. The maximum atomic E-state index is 5.67. The second-order valence-electron chi connectivity index (χ2n) is 7.11. The summed E-state index contributed by atoms with van der Waals surface area (Å²) >= 11 is 0. The van der Waals surface area contributed by atoms with Crippen molar-refractivity contribution < 1.29 is 4.42 Å². The first-order valence-electron chi connectivity index (χ1n) is 9.55. The minimum absolute atomic E-state index is 0.689. The van der Waals surface area contributed by atoms with Crippen molar-refractivity contribution in [1.29, 1.82) is 0 Å². The summed E-state index contributed by atoms with van der Waals surface area (Å²) < 4.78 is 5.67. The van der Waals surface area contributed by atoms with Crippen LogP contribution in [-0.2, 0) is 0 Å². The van der Waals surface area contributed by atoms with E-state index < -0.39 is 0 Å². The monoisotopic (exact) mass is 361 g/mol. The van der Waals surface area contributed by atoms with E-state index in [1.165, 1.54) is 12.1 Å². The molecule has 4 heterocycles. The summed E-state index contributed by atoms with van der Waals surface area (Å²) in [7, 11) is 0. The Morgan fingerprint density at radius 1 is 1.15 bits per heavy atom. The molecule has 0 aliphatic carbocycles. The fourth-order valence-electron chi connectivity index (χ4n) is 3.80. The lowest BCUT2D eigenvalue weighted by molar-refractivity contribution is 0.369. The molecule has 1 fully saturated rings. The molecule has 0 spiro atoms. The maximum absolute atomic E-state index is 5.67. The van der Waals surface area contributed by atoms with Crippen LogP contribution in [0.15, 0.2) is 57.7 Å². The summed E-state index contributed by atoms with van der Waals surface area (Å²) in [6.45, 7) is 6.98. The summed E-state index contributed by atoms with van der Waals surface area (Å²) in [4.78, 5) is 13.9. The molecule has 2 aromatic rings.